The summed E-state index contributed by atoms with van der Waals surface area (Å²) >= 11 is 0. The number of carboxylic acid groups (broad SMARTS) is 1. The summed E-state index contributed by atoms with van der Waals surface area (Å²) in [5.41, 5.74) is 1.69. The number of carbonyl (C=O) groups excluding carboxylic acids is 1. The highest BCUT2D eigenvalue weighted by Gasteiger charge is 2.34. The van der Waals surface area contributed by atoms with Gasteiger partial charge in [-0.1, -0.05) is 35.1 Å². The number of carbonyl (C=O) groups is 2. The zero-order chi connectivity index (χ0) is 24.3. The maximum Gasteiger partial charge on any atom is 0.573 e. The number of rotatable bonds is 4. The Morgan fingerprint density at radius 3 is 2.41 bits per heavy atom. The number of benzene rings is 2. The smallest absolute Gasteiger partial charge is 0.465 e. The molecule has 1 aromatic heterocycles. The van der Waals surface area contributed by atoms with Gasteiger partial charge in [0.05, 0.1) is 12.2 Å². The Bertz CT molecular complexity index is 1150. The molecule has 0 aliphatic carbocycles. The lowest BCUT2D eigenvalue weighted by molar-refractivity contribution is -0.274. The van der Waals surface area contributed by atoms with Crippen LogP contribution in [0.15, 0.2) is 60.8 Å². The molecule has 1 fully saturated rings. The monoisotopic (exact) mass is 475 g/mol. The topological polar surface area (TPSA) is 101 Å². The van der Waals surface area contributed by atoms with Gasteiger partial charge in [0.2, 0.25) is 0 Å². The molecule has 1 N–H and O–H groups in total. The van der Waals surface area contributed by atoms with Crippen molar-refractivity contribution in [3.05, 3.63) is 66.4 Å². The number of piperazine rings is 1. The molecule has 0 spiro atoms. The van der Waals surface area contributed by atoms with Crippen LogP contribution >= 0.6 is 0 Å². The summed E-state index contributed by atoms with van der Waals surface area (Å²) in [7, 11) is 0. The lowest BCUT2D eigenvalue weighted by atomic mass is 10.0. The first-order valence-corrected chi connectivity index (χ1v) is 10.3. The molecule has 0 saturated carbocycles. The number of hydrogen-bond donors (Lipinski definition) is 1. The fourth-order valence-electron chi connectivity index (χ4n) is 3.77. The van der Waals surface area contributed by atoms with E-state index in [1.165, 1.54) is 28.1 Å². The second-order valence-corrected chi connectivity index (χ2v) is 7.64. The van der Waals surface area contributed by atoms with E-state index >= 15 is 0 Å². The quantitative estimate of drug-likeness (QED) is 0.617. The van der Waals surface area contributed by atoms with E-state index in [0.29, 0.717) is 12.0 Å². The summed E-state index contributed by atoms with van der Waals surface area (Å²) in [5.74, 6) is -0.375. The van der Waals surface area contributed by atoms with Crippen molar-refractivity contribution in [2.24, 2.45) is 0 Å². The van der Waals surface area contributed by atoms with Crippen molar-refractivity contribution < 1.29 is 32.6 Å². The van der Waals surface area contributed by atoms with Crippen molar-refractivity contribution in [1.82, 2.24) is 24.8 Å². The van der Waals surface area contributed by atoms with Crippen molar-refractivity contribution in [3.63, 3.8) is 0 Å². The van der Waals surface area contributed by atoms with E-state index in [1.807, 2.05) is 30.3 Å². The van der Waals surface area contributed by atoms with E-state index in [4.69, 9.17) is 0 Å². The van der Waals surface area contributed by atoms with E-state index in [2.05, 4.69) is 14.9 Å². The highest BCUT2D eigenvalue weighted by atomic mass is 19.4. The van der Waals surface area contributed by atoms with Gasteiger partial charge in [-0.15, -0.1) is 18.3 Å². The summed E-state index contributed by atoms with van der Waals surface area (Å²) in [6.07, 6.45) is -4.07. The molecule has 178 valence electrons. The van der Waals surface area contributed by atoms with Gasteiger partial charge < -0.3 is 19.6 Å². The van der Waals surface area contributed by atoms with Gasteiger partial charge in [0.15, 0.2) is 0 Å². The van der Waals surface area contributed by atoms with Crippen molar-refractivity contribution in [2.75, 3.05) is 19.6 Å². The number of halogens is 3. The zero-order valence-electron chi connectivity index (χ0n) is 17.7. The third kappa shape index (κ3) is 5.45. The molecule has 2 heterocycles. The first kappa shape index (κ1) is 23.1. The number of ether oxygens (including phenoxy) is 1. The first-order chi connectivity index (χ1) is 16.2. The number of alkyl halides is 3. The molecule has 1 unspecified atom stereocenters. The molecule has 34 heavy (non-hydrogen) atoms. The van der Waals surface area contributed by atoms with Crippen molar-refractivity contribution in [3.8, 4) is 17.0 Å². The summed E-state index contributed by atoms with van der Waals surface area (Å²) in [5, 5.41) is 17.6. The maximum absolute atomic E-state index is 13.2. The van der Waals surface area contributed by atoms with E-state index in [1.54, 1.807) is 0 Å². The fourth-order valence-corrected chi connectivity index (χ4v) is 3.77. The molecule has 1 saturated heterocycles. The van der Waals surface area contributed by atoms with Gasteiger partial charge in [0.1, 0.15) is 11.4 Å². The van der Waals surface area contributed by atoms with E-state index in [0.717, 1.165) is 22.5 Å². The van der Waals surface area contributed by atoms with Crippen molar-refractivity contribution in [1.29, 1.82) is 0 Å². The molecule has 2 amide bonds. The van der Waals surface area contributed by atoms with Crippen LogP contribution in [0.2, 0.25) is 0 Å². The summed E-state index contributed by atoms with van der Waals surface area (Å²) in [6.45, 7) is 0.467. The van der Waals surface area contributed by atoms with E-state index < -0.39 is 24.5 Å². The van der Waals surface area contributed by atoms with Gasteiger partial charge in [-0.05, 0) is 36.2 Å². The molecule has 4 rings (SSSR count). The Morgan fingerprint density at radius 2 is 1.76 bits per heavy atom. The largest absolute Gasteiger partial charge is 0.573 e. The summed E-state index contributed by atoms with van der Waals surface area (Å²) in [4.78, 5) is 28.4. The van der Waals surface area contributed by atoms with E-state index in [9.17, 15) is 27.9 Å². The Hall–Kier alpha value is -4.09. The molecule has 1 aliphatic heterocycles. The Morgan fingerprint density at radius 1 is 1.06 bits per heavy atom. The van der Waals surface area contributed by atoms with Crippen molar-refractivity contribution >= 4 is 12.1 Å². The molecule has 1 atom stereocenters. The van der Waals surface area contributed by atoms with Crippen LogP contribution in [0.1, 0.15) is 5.56 Å². The van der Waals surface area contributed by atoms with Gasteiger partial charge in [-0.25, -0.2) is 9.59 Å². The van der Waals surface area contributed by atoms with Crippen LogP contribution in [0.5, 0.6) is 5.75 Å². The van der Waals surface area contributed by atoms with Crippen LogP contribution in [-0.4, -0.2) is 74.1 Å². The predicted octanol–water partition coefficient (Wildman–Crippen LogP) is 3.72. The molecule has 0 radical (unpaired) electrons. The third-order valence-corrected chi connectivity index (χ3v) is 5.36. The molecular weight excluding hydrogens is 455 g/mol. The third-order valence-electron chi connectivity index (χ3n) is 5.36. The van der Waals surface area contributed by atoms with Crippen LogP contribution in [-0.2, 0) is 6.42 Å². The standard InChI is InChI=1S/C22H20F3N5O4/c23-22(24,25)34-18-8-6-16(7-9-18)19-13-26-30(27-19)20(31)29-11-10-28(21(32)33)14-17(29)12-15-4-2-1-3-5-15/h1-9,13,17H,10-12,14H2,(H,32,33). The molecule has 1 aliphatic rings. The highest BCUT2D eigenvalue weighted by Crippen LogP contribution is 2.25. The summed E-state index contributed by atoms with van der Waals surface area (Å²) < 4.78 is 40.9. The fraction of sp³-hybridized carbons (Fsp3) is 0.273. The van der Waals surface area contributed by atoms with E-state index in [-0.39, 0.29) is 31.1 Å². The SMILES string of the molecule is O=C(O)N1CCN(C(=O)n2ncc(-c3ccc(OC(F)(F)F)cc3)n2)C(Cc2ccccc2)C1. The number of nitrogens with zero attached hydrogens (tertiary/aromatic N) is 5. The highest BCUT2D eigenvalue weighted by molar-refractivity contribution is 5.76. The first-order valence-electron chi connectivity index (χ1n) is 10.3. The minimum Gasteiger partial charge on any atom is -0.465 e. The Labute approximate surface area is 192 Å². The van der Waals surface area contributed by atoms with Gasteiger partial charge in [0, 0.05) is 25.2 Å². The number of hydrogen-bond acceptors (Lipinski definition) is 5. The van der Waals surface area contributed by atoms with Gasteiger partial charge in [-0.3, -0.25) is 0 Å². The Kier molecular flexibility index (Phi) is 6.39. The lowest BCUT2D eigenvalue weighted by Crippen LogP contribution is -2.58. The van der Waals surface area contributed by atoms with Crippen LogP contribution in [0.4, 0.5) is 22.8 Å². The minimum absolute atomic E-state index is 0.144. The normalized spacial score (nSPS) is 16.4. The molecule has 12 heteroatoms. The van der Waals surface area contributed by atoms with Crippen LogP contribution in [0.3, 0.4) is 0 Å². The predicted molar refractivity (Wildman–Crippen MR) is 113 cm³/mol. The molecular formula is C22H20F3N5O4. The van der Waals surface area contributed by atoms with Crippen LogP contribution in [0.25, 0.3) is 11.3 Å². The van der Waals surface area contributed by atoms with Gasteiger partial charge in [-0.2, -0.15) is 5.10 Å². The van der Waals surface area contributed by atoms with Crippen LogP contribution < -0.4 is 4.74 Å². The molecule has 2 aromatic carbocycles. The second-order valence-electron chi connectivity index (χ2n) is 7.64. The van der Waals surface area contributed by atoms with Crippen LogP contribution in [0, 0.1) is 0 Å². The second kappa shape index (κ2) is 9.41. The van der Waals surface area contributed by atoms with Gasteiger partial charge >= 0.3 is 18.5 Å². The average Bonchev–Trinajstić information content (AvgIpc) is 3.29. The zero-order valence-corrected chi connectivity index (χ0v) is 17.7. The Balaban J connectivity index is 1.51. The van der Waals surface area contributed by atoms with Crippen molar-refractivity contribution in [2.45, 2.75) is 18.8 Å². The average molecular weight is 475 g/mol. The van der Waals surface area contributed by atoms with Gasteiger partial charge in [0.25, 0.3) is 0 Å². The lowest BCUT2D eigenvalue weighted by Gasteiger charge is -2.39. The maximum atomic E-state index is 13.2. The molecule has 0 bridgehead atoms. The number of amides is 2. The number of aromatic nitrogens is 3. The molecule has 9 nitrogen and oxygen atoms in total. The summed E-state index contributed by atoms with van der Waals surface area (Å²) in [6, 6.07) is 13.5. The minimum atomic E-state index is -4.79. The molecule has 3 aromatic rings.